The highest BCUT2D eigenvalue weighted by Crippen LogP contribution is 2.16. The highest BCUT2D eigenvalue weighted by molar-refractivity contribution is 5.86. The minimum absolute atomic E-state index is 0.461. The molecule has 2 nitrogen and oxygen atoms in total. The first kappa shape index (κ1) is 7.92. The van der Waals surface area contributed by atoms with Crippen molar-refractivity contribution in [3.63, 3.8) is 0 Å². The largest absolute Gasteiger partial charge is 0.303 e. The van der Waals surface area contributed by atoms with Crippen molar-refractivity contribution in [3.05, 3.63) is 42.2 Å². The Kier molecular flexibility index (Phi) is 2.04. The topological polar surface area (TPSA) is 30.0 Å². The van der Waals surface area contributed by atoms with Gasteiger partial charge in [-0.2, -0.15) is 0 Å². The molecule has 0 aliphatic carbocycles. The van der Waals surface area contributed by atoms with E-state index in [1.54, 1.807) is 12.4 Å². The van der Waals surface area contributed by atoms with Gasteiger partial charge in [0.2, 0.25) is 0 Å². The SMILES string of the molecule is O=CCc1cccc2ccncc12. The Bertz CT molecular complexity index is 432. The molecule has 2 heteroatoms. The normalized spacial score (nSPS) is 10.2. The van der Waals surface area contributed by atoms with E-state index in [2.05, 4.69) is 4.98 Å². The summed E-state index contributed by atoms with van der Waals surface area (Å²) in [5, 5.41) is 2.20. The van der Waals surface area contributed by atoms with Crippen LogP contribution < -0.4 is 0 Å². The molecule has 1 aromatic heterocycles. The summed E-state index contributed by atoms with van der Waals surface area (Å²) in [5.41, 5.74) is 1.04. The van der Waals surface area contributed by atoms with E-state index in [0.29, 0.717) is 6.42 Å². The first-order valence-electron chi connectivity index (χ1n) is 4.17. The van der Waals surface area contributed by atoms with Crippen molar-refractivity contribution < 1.29 is 4.79 Å². The number of carbonyl (C=O) groups excluding carboxylic acids is 1. The lowest BCUT2D eigenvalue weighted by Gasteiger charge is -2.01. The Labute approximate surface area is 76.2 Å². The summed E-state index contributed by atoms with van der Waals surface area (Å²) in [6.07, 6.45) is 4.94. The van der Waals surface area contributed by atoms with Crippen LogP contribution in [0.4, 0.5) is 0 Å². The summed E-state index contributed by atoms with van der Waals surface area (Å²) in [4.78, 5) is 14.4. The molecule has 0 spiro atoms. The van der Waals surface area contributed by atoms with Gasteiger partial charge in [-0.3, -0.25) is 4.98 Å². The summed E-state index contributed by atoms with van der Waals surface area (Å²) in [6.45, 7) is 0. The minimum Gasteiger partial charge on any atom is -0.303 e. The average Bonchev–Trinajstić information content (AvgIpc) is 2.19. The van der Waals surface area contributed by atoms with E-state index >= 15 is 0 Å². The van der Waals surface area contributed by atoms with E-state index in [1.807, 2.05) is 24.3 Å². The van der Waals surface area contributed by atoms with Gasteiger partial charge in [0.05, 0.1) is 0 Å². The molecular formula is C11H9NO. The van der Waals surface area contributed by atoms with Gasteiger partial charge >= 0.3 is 0 Å². The third-order valence-electron chi connectivity index (χ3n) is 2.08. The molecule has 0 unspecified atom stereocenters. The first-order valence-corrected chi connectivity index (χ1v) is 4.17. The lowest BCUT2D eigenvalue weighted by atomic mass is 10.1. The molecule has 0 aliphatic heterocycles. The van der Waals surface area contributed by atoms with Crippen LogP contribution in [0.5, 0.6) is 0 Å². The third kappa shape index (κ3) is 1.43. The van der Waals surface area contributed by atoms with Crippen molar-refractivity contribution >= 4 is 17.1 Å². The maximum Gasteiger partial charge on any atom is 0.124 e. The number of aromatic nitrogens is 1. The number of aldehydes is 1. The van der Waals surface area contributed by atoms with E-state index in [1.165, 1.54) is 0 Å². The van der Waals surface area contributed by atoms with Crippen molar-refractivity contribution in [2.75, 3.05) is 0 Å². The zero-order valence-corrected chi connectivity index (χ0v) is 7.10. The second-order valence-electron chi connectivity index (χ2n) is 2.88. The molecule has 0 amide bonds. The van der Waals surface area contributed by atoms with Crippen LogP contribution in [0.2, 0.25) is 0 Å². The summed E-state index contributed by atoms with van der Waals surface area (Å²) in [5.74, 6) is 0. The number of fused-ring (bicyclic) bond motifs is 1. The predicted octanol–water partition coefficient (Wildman–Crippen LogP) is 1.98. The van der Waals surface area contributed by atoms with Crippen LogP contribution in [0.25, 0.3) is 10.8 Å². The zero-order chi connectivity index (χ0) is 9.10. The molecule has 0 aliphatic rings. The Morgan fingerprint density at radius 3 is 3.08 bits per heavy atom. The van der Waals surface area contributed by atoms with Crippen LogP contribution in [0.15, 0.2) is 36.7 Å². The smallest absolute Gasteiger partial charge is 0.124 e. The molecule has 0 N–H and O–H groups in total. The lowest BCUT2D eigenvalue weighted by Crippen LogP contribution is -1.87. The molecule has 0 atom stereocenters. The molecule has 64 valence electrons. The molecule has 0 bridgehead atoms. The lowest BCUT2D eigenvalue weighted by molar-refractivity contribution is -0.107. The maximum atomic E-state index is 10.4. The van der Waals surface area contributed by atoms with Gasteiger partial charge in [-0.25, -0.2) is 0 Å². The van der Waals surface area contributed by atoms with E-state index < -0.39 is 0 Å². The van der Waals surface area contributed by atoms with Crippen molar-refractivity contribution in [1.82, 2.24) is 4.98 Å². The zero-order valence-electron chi connectivity index (χ0n) is 7.10. The van der Waals surface area contributed by atoms with Gasteiger partial charge in [-0.15, -0.1) is 0 Å². The third-order valence-corrected chi connectivity index (χ3v) is 2.08. The summed E-state index contributed by atoms with van der Waals surface area (Å²) >= 11 is 0. The molecule has 1 aromatic carbocycles. The fourth-order valence-corrected chi connectivity index (χ4v) is 1.44. The minimum atomic E-state index is 0.461. The predicted molar refractivity (Wildman–Crippen MR) is 51.5 cm³/mol. The number of benzene rings is 1. The van der Waals surface area contributed by atoms with E-state index in [9.17, 15) is 4.79 Å². The number of rotatable bonds is 2. The highest BCUT2D eigenvalue weighted by Gasteiger charge is 1.98. The fourth-order valence-electron chi connectivity index (χ4n) is 1.44. The standard InChI is InChI=1S/C11H9NO/c13-7-5-10-3-1-2-9-4-6-12-8-11(9)10/h1-4,6-8H,5H2. The molecule has 13 heavy (non-hydrogen) atoms. The van der Waals surface area contributed by atoms with Crippen LogP contribution in [0, 0.1) is 0 Å². The summed E-state index contributed by atoms with van der Waals surface area (Å²) < 4.78 is 0. The van der Waals surface area contributed by atoms with E-state index in [0.717, 1.165) is 22.6 Å². The average molecular weight is 171 g/mol. The van der Waals surface area contributed by atoms with Gasteiger partial charge in [-0.05, 0) is 17.0 Å². The molecule has 0 fully saturated rings. The fraction of sp³-hybridized carbons (Fsp3) is 0.0909. The number of hydrogen-bond donors (Lipinski definition) is 0. The number of hydrogen-bond acceptors (Lipinski definition) is 2. The summed E-state index contributed by atoms with van der Waals surface area (Å²) in [7, 11) is 0. The van der Waals surface area contributed by atoms with E-state index in [-0.39, 0.29) is 0 Å². The highest BCUT2D eigenvalue weighted by atomic mass is 16.1. The maximum absolute atomic E-state index is 10.4. The van der Waals surface area contributed by atoms with Crippen molar-refractivity contribution in [3.8, 4) is 0 Å². The Morgan fingerprint density at radius 1 is 1.31 bits per heavy atom. The van der Waals surface area contributed by atoms with Gasteiger partial charge < -0.3 is 4.79 Å². The molecule has 1 heterocycles. The second-order valence-corrected chi connectivity index (χ2v) is 2.88. The monoisotopic (exact) mass is 171 g/mol. The van der Waals surface area contributed by atoms with E-state index in [4.69, 9.17) is 0 Å². The van der Waals surface area contributed by atoms with Gasteiger partial charge in [-0.1, -0.05) is 18.2 Å². The summed E-state index contributed by atoms with van der Waals surface area (Å²) in [6, 6.07) is 7.88. The van der Waals surface area contributed by atoms with Gasteiger partial charge in [0.25, 0.3) is 0 Å². The van der Waals surface area contributed by atoms with Crippen molar-refractivity contribution in [2.24, 2.45) is 0 Å². The number of nitrogens with zero attached hydrogens (tertiary/aromatic N) is 1. The van der Waals surface area contributed by atoms with Crippen LogP contribution in [0.3, 0.4) is 0 Å². The molecule has 0 radical (unpaired) electrons. The Balaban J connectivity index is 2.68. The van der Waals surface area contributed by atoms with Crippen LogP contribution in [-0.2, 0) is 11.2 Å². The molecular weight excluding hydrogens is 162 g/mol. The molecule has 2 aromatic rings. The van der Waals surface area contributed by atoms with Crippen molar-refractivity contribution in [2.45, 2.75) is 6.42 Å². The molecule has 0 saturated carbocycles. The van der Waals surface area contributed by atoms with Gasteiger partial charge in [0.1, 0.15) is 6.29 Å². The molecule has 0 saturated heterocycles. The van der Waals surface area contributed by atoms with Crippen LogP contribution >= 0.6 is 0 Å². The van der Waals surface area contributed by atoms with Gasteiger partial charge in [0, 0.05) is 24.2 Å². The number of pyridine rings is 1. The quantitative estimate of drug-likeness (QED) is 0.646. The van der Waals surface area contributed by atoms with Crippen LogP contribution in [-0.4, -0.2) is 11.3 Å². The van der Waals surface area contributed by atoms with Crippen molar-refractivity contribution in [1.29, 1.82) is 0 Å². The van der Waals surface area contributed by atoms with Gasteiger partial charge in [0.15, 0.2) is 0 Å². The number of carbonyl (C=O) groups is 1. The van der Waals surface area contributed by atoms with Crippen LogP contribution in [0.1, 0.15) is 5.56 Å². The Morgan fingerprint density at radius 2 is 2.23 bits per heavy atom. The first-order chi connectivity index (χ1) is 6.42. The molecule has 2 rings (SSSR count). The second kappa shape index (κ2) is 3.35. The Hall–Kier alpha value is -1.70.